The molecule has 0 saturated heterocycles. The summed E-state index contributed by atoms with van der Waals surface area (Å²) in [7, 11) is -3.42. The third-order valence-corrected chi connectivity index (χ3v) is 6.28. The quantitative estimate of drug-likeness (QED) is 0.558. The summed E-state index contributed by atoms with van der Waals surface area (Å²) in [5.41, 5.74) is 1.26. The van der Waals surface area contributed by atoms with E-state index in [1.807, 2.05) is 6.07 Å². The number of rotatable bonds is 5. The number of nitrogens with zero attached hydrogens (tertiary/aromatic N) is 3. The van der Waals surface area contributed by atoms with E-state index in [0.717, 1.165) is 17.6 Å². The van der Waals surface area contributed by atoms with Crippen LogP contribution < -0.4 is 4.80 Å². The highest BCUT2D eigenvalue weighted by Crippen LogP contribution is 2.22. The molecule has 0 atom stereocenters. The SMILES string of the molecule is CCOC(=O)Cn1c(=NC(=O)c2ccc(C#N)cc2)sc2cc(S(C)(=O)=O)ccc21. The predicted octanol–water partition coefficient (Wildman–Crippen LogP) is 2.28. The number of sulfone groups is 1. The lowest BCUT2D eigenvalue weighted by atomic mass is 10.1. The van der Waals surface area contributed by atoms with Gasteiger partial charge in [0.25, 0.3) is 5.91 Å². The molecule has 3 aromatic rings. The number of esters is 1. The molecule has 2 aromatic carbocycles. The first-order valence-corrected chi connectivity index (χ1v) is 11.5. The van der Waals surface area contributed by atoms with Gasteiger partial charge in [0.15, 0.2) is 14.6 Å². The molecule has 30 heavy (non-hydrogen) atoms. The van der Waals surface area contributed by atoms with Gasteiger partial charge in [-0.2, -0.15) is 10.3 Å². The van der Waals surface area contributed by atoms with Gasteiger partial charge in [-0.05, 0) is 49.4 Å². The van der Waals surface area contributed by atoms with Crippen molar-refractivity contribution in [2.24, 2.45) is 4.99 Å². The molecule has 0 spiro atoms. The van der Waals surface area contributed by atoms with Crippen LogP contribution in [0.3, 0.4) is 0 Å². The van der Waals surface area contributed by atoms with Crippen LogP contribution in [0.15, 0.2) is 52.4 Å². The van der Waals surface area contributed by atoms with Gasteiger partial charge in [-0.3, -0.25) is 9.59 Å². The predicted molar refractivity (Wildman–Crippen MR) is 111 cm³/mol. The molecule has 0 saturated carbocycles. The number of carbonyl (C=O) groups excluding carboxylic acids is 2. The van der Waals surface area contributed by atoms with Gasteiger partial charge in [0, 0.05) is 11.8 Å². The van der Waals surface area contributed by atoms with E-state index < -0.39 is 21.7 Å². The molecule has 154 valence electrons. The zero-order chi connectivity index (χ0) is 21.9. The lowest BCUT2D eigenvalue weighted by Gasteiger charge is -2.05. The van der Waals surface area contributed by atoms with Crippen molar-refractivity contribution in [3.63, 3.8) is 0 Å². The second kappa shape index (κ2) is 8.61. The number of hydrogen-bond acceptors (Lipinski definition) is 7. The van der Waals surface area contributed by atoms with Gasteiger partial charge in [-0.25, -0.2) is 8.42 Å². The smallest absolute Gasteiger partial charge is 0.326 e. The number of hydrogen-bond donors (Lipinski definition) is 0. The Labute approximate surface area is 176 Å². The summed E-state index contributed by atoms with van der Waals surface area (Å²) in [5.74, 6) is -1.05. The van der Waals surface area contributed by atoms with Gasteiger partial charge in [0.1, 0.15) is 6.54 Å². The second-order valence-corrected chi connectivity index (χ2v) is 9.31. The number of aromatic nitrogens is 1. The molecule has 0 bridgehead atoms. The van der Waals surface area contributed by atoms with Crippen LogP contribution in [0.1, 0.15) is 22.8 Å². The van der Waals surface area contributed by atoms with Crippen LogP contribution in [0.2, 0.25) is 0 Å². The van der Waals surface area contributed by atoms with Crippen molar-refractivity contribution in [2.45, 2.75) is 18.4 Å². The van der Waals surface area contributed by atoms with Crippen LogP contribution in [0.5, 0.6) is 0 Å². The van der Waals surface area contributed by atoms with Crippen LogP contribution in [0.25, 0.3) is 10.2 Å². The molecule has 0 N–H and O–H groups in total. The van der Waals surface area contributed by atoms with Gasteiger partial charge < -0.3 is 9.30 Å². The Morgan fingerprint density at radius 1 is 1.20 bits per heavy atom. The van der Waals surface area contributed by atoms with E-state index >= 15 is 0 Å². The Morgan fingerprint density at radius 3 is 2.50 bits per heavy atom. The maximum Gasteiger partial charge on any atom is 0.326 e. The van der Waals surface area contributed by atoms with E-state index in [1.165, 1.54) is 41.0 Å². The minimum Gasteiger partial charge on any atom is -0.465 e. The van der Waals surface area contributed by atoms with Crippen molar-refractivity contribution >= 4 is 43.3 Å². The normalized spacial score (nSPS) is 12.0. The third-order valence-electron chi connectivity index (χ3n) is 4.13. The van der Waals surface area contributed by atoms with Crippen molar-refractivity contribution in [3.05, 3.63) is 58.4 Å². The summed E-state index contributed by atoms with van der Waals surface area (Å²) in [5, 5.41) is 8.88. The van der Waals surface area contributed by atoms with E-state index in [2.05, 4.69) is 4.99 Å². The van der Waals surface area contributed by atoms with Crippen LogP contribution in [-0.4, -0.2) is 37.7 Å². The zero-order valence-corrected chi connectivity index (χ0v) is 17.8. The average molecular weight is 444 g/mol. The number of thiazole rings is 1. The summed E-state index contributed by atoms with van der Waals surface area (Å²) in [6.07, 6.45) is 1.11. The second-order valence-electron chi connectivity index (χ2n) is 6.28. The van der Waals surface area contributed by atoms with Gasteiger partial charge in [0.05, 0.1) is 33.4 Å². The number of carbonyl (C=O) groups is 2. The van der Waals surface area contributed by atoms with Crippen molar-refractivity contribution in [1.82, 2.24) is 4.57 Å². The Bertz CT molecular complexity index is 1340. The monoisotopic (exact) mass is 443 g/mol. The molecular weight excluding hydrogens is 426 g/mol. The number of ether oxygens (including phenoxy) is 1. The molecule has 0 aliphatic rings. The Kier molecular flexibility index (Phi) is 6.14. The summed E-state index contributed by atoms with van der Waals surface area (Å²) < 4.78 is 30.8. The van der Waals surface area contributed by atoms with Crippen molar-refractivity contribution in [1.29, 1.82) is 5.26 Å². The van der Waals surface area contributed by atoms with Crippen molar-refractivity contribution in [3.8, 4) is 6.07 Å². The fourth-order valence-corrected chi connectivity index (χ4v) is 4.49. The summed E-state index contributed by atoms with van der Waals surface area (Å²) in [4.78, 5) is 29.2. The molecule has 8 nitrogen and oxygen atoms in total. The highest BCUT2D eigenvalue weighted by molar-refractivity contribution is 7.90. The molecule has 3 rings (SSSR count). The van der Waals surface area contributed by atoms with Crippen LogP contribution in [0.4, 0.5) is 0 Å². The molecule has 1 aromatic heterocycles. The molecule has 10 heteroatoms. The average Bonchev–Trinajstić information content (AvgIpc) is 3.03. The molecule has 0 aliphatic heterocycles. The van der Waals surface area contributed by atoms with Gasteiger partial charge in [-0.1, -0.05) is 11.3 Å². The Morgan fingerprint density at radius 2 is 1.90 bits per heavy atom. The van der Waals surface area contributed by atoms with Crippen LogP contribution >= 0.6 is 11.3 Å². The topological polar surface area (TPSA) is 119 Å². The summed E-state index contributed by atoms with van der Waals surface area (Å²) in [6, 6.07) is 12.5. The van der Waals surface area contributed by atoms with Gasteiger partial charge in [-0.15, -0.1) is 0 Å². The molecule has 1 heterocycles. The van der Waals surface area contributed by atoms with E-state index in [9.17, 15) is 18.0 Å². The summed E-state index contributed by atoms with van der Waals surface area (Å²) in [6.45, 7) is 1.72. The van der Waals surface area contributed by atoms with E-state index in [1.54, 1.807) is 13.0 Å². The van der Waals surface area contributed by atoms with Crippen molar-refractivity contribution < 1.29 is 22.7 Å². The van der Waals surface area contributed by atoms with E-state index in [-0.39, 0.29) is 28.4 Å². The van der Waals surface area contributed by atoms with Crippen LogP contribution in [-0.2, 0) is 25.9 Å². The van der Waals surface area contributed by atoms with Gasteiger partial charge in [0.2, 0.25) is 0 Å². The maximum absolute atomic E-state index is 12.6. The first-order chi connectivity index (χ1) is 14.2. The highest BCUT2D eigenvalue weighted by Gasteiger charge is 2.15. The molecule has 0 aliphatic carbocycles. The lowest BCUT2D eigenvalue weighted by Crippen LogP contribution is -2.23. The lowest BCUT2D eigenvalue weighted by molar-refractivity contribution is -0.143. The number of benzene rings is 2. The van der Waals surface area contributed by atoms with E-state index in [4.69, 9.17) is 10.00 Å². The fraction of sp³-hybridized carbons (Fsp3) is 0.200. The maximum atomic E-state index is 12.6. The molecule has 1 amide bonds. The minimum absolute atomic E-state index is 0.129. The summed E-state index contributed by atoms with van der Waals surface area (Å²) >= 11 is 1.10. The molecular formula is C20H17N3O5S2. The largest absolute Gasteiger partial charge is 0.465 e. The van der Waals surface area contributed by atoms with Gasteiger partial charge >= 0.3 is 5.97 Å². The van der Waals surface area contributed by atoms with E-state index in [0.29, 0.717) is 15.8 Å². The first kappa shape index (κ1) is 21.4. The molecule has 0 fully saturated rings. The van der Waals surface area contributed by atoms with Crippen LogP contribution in [0, 0.1) is 11.3 Å². The number of fused-ring (bicyclic) bond motifs is 1. The number of amides is 1. The highest BCUT2D eigenvalue weighted by atomic mass is 32.2. The Hall–Kier alpha value is -3.29. The molecule has 0 radical (unpaired) electrons. The minimum atomic E-state index is -3.42. The zero-order valence-electron chi connectivity index (χ0n) is 16.2. The molecule has 0 unspecified atom stereocenters. The fourth-order valence-electron chi connectivity index (χ4n) is 2.70. The van der Waals surface area contributed by atoms with Crippen molar-refractivity contribution in [2.75, 3.05) is 12.9 Å². The third kappa shape index (κ3) is 4.64. The first-order valence-electron chi connectivity index (χ1n) is 8.81. The number of nitriles is 1. The Balaban J connectivity index is 2.14. The standard InChI is InChI=1S/C20H17N3O5S2/c1-3-28-18(24)12-23-16-9-8-15(30(2,26)27)10-17(16)29-20(23)22-19(25)14-6-4-13(11-21)5-7-14/h4-10H,3,12H2,1-2H3.